The topological polar surface area (TPSA) is 64.4 Å². The van der Waals surface area contributed by atoms with E-state index in [2.05, 4.69) is 16.4 Å². The van der Waals surface area contributed by atoms with Crippen LogP contribution in [0.3, 0.4) is 0 Å². The zero-order valence-electron chi connectivity index (χ0n) is 17.5. The van der Waals surface area contributed by atoms with Gasteiger partial charge >= 0.3 is 0 Å². The summed E-state index contributed by atoms with van der Waals surface area (Å²) in [6.07, 6.45) is 0.0903. The Kier molecular flexibility index (Phi) is 5.27. The van der Waals surface area contributed by atoms with Crippen molar-refractivity contribution in [2.24, 2.45) is 0 Å². The van der Waals surface area contributed by atoms with Gasteiger partial charge in [-0.05, 0) is 82.3 Å². The normalized spacial score (nSPS) is 11.1. The van der Waals surface area contributed by atoms with Crippen LogP contribution in [0.5, 0.6) is 5.75 Å². The van der Waals surface area contributed by atoms with Crippen LogP contribution in [0, 0.1) is 13.8 Å². The van der Waals surface area contributed by atoms with Crippen LogP contribution in [0.15, 0.2) is 65.1 Å². The third-order valence-corrected chi connectivity index (χ3v) is 4.60. The number of carbonyl (C=O) groups is 1. The van der Waals surface area contributed by atoms with Crippen molar-refractivity contribution in [3.8, 4) is 17.2 Å². The molecule has 0 bridgehead atoms. The van der Waals surface area contributed by atoms with Crippen LogP contribution in [0.25, 0.3) is 22.6 Å². The van der Waals surface area contributed by atoms with E-state index in [-0.39, 0.29) is 12.0 Å². The van der Waals surface area contributed by atoms with Gasteiger partial charge in [0.2, 0.25) is 5.89 Å². The first-order chi connectivity index (χ1) is 14.4. The van der Waals surface area contributed by atoms with Gasteiger partial charge in [-0.25, -0.2) is 4.98 Å². The number of rotatable bonds is 5. The molecule has 0 spiro atoms. The number of fused-ring (bicyclic) bond motifs is 1. The van der Waals surface area contributed by atoms with Gasteiger partial charge in [0, 0.05) is 16.8 Å². The van der Waals surface area contributed by atoms with Crippen molar-refractivity contribution < 1.29 is 13.9 Å². The number of ether oxygens (including phenoxy) is 1. The minimum atomic E-state index is -0.191. The minimum Gasteiger partial charge on any atom is -0.491 e. The predicted octanol–water partition coefficient (Wildman–Crippen LogP) is 6.15. The first-order valence-corrected chi connectivity index (χ1v) is 9.95. The average Bonchev–Trinajstić information content (AvgIpc) is 3.11. The number of benzene rings is 3. The van der Waals surface area contributed by atoms with Crippen molar-refractivity contribution in [2.45, 2.75) is 33.8 Å². The zero-order chi connectivity index (χ0) is 21.3. The van der Waals surface area contributed by atoms with Gasteiger partial charge in [-0.2, -0.15) is 0 Å². The van der Waals surface area contributed by atoms with Gasteiger partial charge in [-0.3, -0.25) is 4.79 Å². The van der Waals surface area contributed by atoms with E-state index in [0.717, 1.165) is 22.4 Å². The number of oxazole rings is 1. The molecule has 0 radical (unpaired) electrons. The number of amides is 1. The lowest BCUT2D eigenvalue weighted by Gasteiger charge is -2.10. The van der Waals surface area contributed by atoms with Gasteiger partial charge in [0.1, 0.15) is 11.3 Å². The molecule has 5 heteroatoms. The van der Waals surface area contributed by atoms with E-state index in [1.807, 2.05) is 58.0 Å². The number of aromatic nitrogens is 1. The molecule has 0 aliphatic heterocycles. The molecule has 1 N–H and O–H groups in total. The molecule has 3 aromatic carbocycles. The first kappa shape index (κ1) is 19.7. The van der Waals surface area contributed by atoms with Gasteiger partial charge in [-0.1, -0.05) is 17.2 Å². The van der Waals surface area contributed by atoms with E-state index in [4.69, 9.17) is 9.15 Å². The molecule has 0 fully saturated rings. The average molecular weight is 400 g/mol. The maximum Gasteiger partial charge on any atom is 0.255 e. The Bertz CT molecular complexity index is 1190. The lowest BCUT2D eigenvalue weighted by molar-refractivity contribution is 0.102. The van der Waals surface area contributed by atoms with Gasteiger partial charge in [0.25, 0.3) is 5.91 Å². The summed E-state index contributed by atoms with van der Waals surface area (Å²) in [5.74, 6) is 1.12. The number of anilines is 1. The monoisotopic (exact) mass is 400 g/mol. The molecule has 4 rings (SSSR count). The van der Waals surface area contributed by atoms with Crippen molar-refractivity contribution in [3.05, 3.63) is 77.4 Å². The van der Waals surface area contributed by atoms with Crippen LogP contribution >= 0.6 is 0 Å². The van der Waals surface area contributed by atoms with Crippen LogP contribution in [-0.2, 0) is 0 Å². The second-order valence-electron chi connectivity index (χ2n) is 7.72. The summed E-state index contributed by atoms with van der Waals surface area (Å²) in [6, 6.07) is 18.8. The molecular formula is C25H24N2O3. The van der Waals surface area contributed by atoms with Crippen molar-refractivity contribution in [3.63, 3.8) is 0 Å². The Labute approximate surface area is 175 Å². The molecule has 0 aliphatic carbocycles. The lowest BCUT2D eigenvalue weighted by atomic mass is 10.1. The third kappa shape index (κ3) is 4.35. The van der Waals surface area contributed by atoms with Crippen LogP contribution in [0.1, 0.15) is 35.3 Å². The maximum absolute atomic E-state index is 12.6. The first-order valence-electron chi connectivity index (χ1n) is 9.95. The van der Waals surface area contributed by atoms with E-state index in [9.17, 15) is 4.79 Å². The number of hydrogen-bond acceptors (Lipinski definition) is 4. The molecule has 1 heterocycles. The number of aryl methyl sites for hydroxylation is 2. The zero-order valence-corrected chi connectivity index (χ0v) is 17.5. The maximum atomic E-state index is 12.6. The highest BCUT2D eigenvalue weighted by Crippen LogP contribution is 2.28. The summed E-state index contributed by atoms with van der Waals surface area (Å²) in [7, 11) is 0. The Hall–Kier alpha value is -3.60. The van der Waals surface area contributed by atoms with Gasteiger partial charge < -0.3 is 14.5 Å². The summed E-state index contributed by atoms with van der Waals surface area (Å²) in [5, 5.41) is 2.92. The highest BCUT2D eigenvalue weighted by Gasteiger charge is 2.12. The van der Waals surface area contributed by atoms with Crippen molar-refractivity contribution in [2.75, 3.05) is 5.32 Å². The number of hydrogen-bond donors (Lipinski definition) is 1. The van der Waals surface area contributed by atoms with E-state index >= 15 is 0 Å². The molecule has 0 aliphatic rings. The van der Waals surface area contributed by atoms with Gasteiger partial charge in [0.05, 0.1) is 6.10 Å². The SMILES string of the molecule is Cc1cc(C)cc(-c2nc3cc(NC(=O)c4ccc(OC(C)C)cc4)ccc3o2)c1. The van der Waals surface area contributed by atoms with Crippen molar-refractivity contribution in [1.82, 2.24) is 4.98 Å². The van der Waals surface area contributed by atoms with Crippen LogP contribution in [0.4, 0.5) is 5.69 Å². The summed E-state index contributed by atoms with van der Waals surface area (Å²) < 4.78 is 11.5. The van der Waals surface area contributed by atoms with Gasteiger partial charge in [-0.15, -0.1) is 0 Å². The molecule has 0 saturated carbocycles. The molecule has 1 aromatic heterocycles. The van der Waals surface area contributed by atoms with Crippen molar-refractivity contribution >= 4 is 22.7 Å². The summed E-state index contributed by atoms with van der Waals surface area (Å²) in [5.41, 5.74) is 5.85. The molecule has 0 atom stereocenters. The van der Waals surface area contributed by atoms with E-state index < -0.39 is 0 Å². The minimum absolute atomic E-state index is 0.0903. The van der Waals surface area contributed by atoms with Crippen LogP contribution in [-0.4, -0.2) is 17.0 Å². The van der Waals surface area contributed by atoms with Gasteiger partial charge in [0.15, 0.2) is 5.58 Å². The largest absolute Gasteiger partial charge is 0.491 e. The lowest BCUT2D eigenvalue weighted by Crippen LogP contribution is -2.12. The molecule has 0 unspecified atom stereocenters. The highest BCUT2D eigenvalue weighted by molar-refractivity contribution is 6.05. The fourth-order valence-corrected chi connectivity index (χ4v) is 3.39. The Morgan fingerprint density at radius 1 is 0.967 bits per heavy atom. The molecule has 0 saturated heterocycles. The molecule has 1 amide bonds. The Morgan fingerprint density at radius 3 is 2.33 bits per heavy atom. The quantitative estimate of drug-likeness (QED) is 0.436. The second-order valence-corrected chi connectivity index (χ2v) is 7.72. The molecule has 5 nitrogen and oxygen atoms in total. The highest BCUT2D eigenvalue weighted by atomic mass is 16.5. The molecule has 30 heavy (non-hydrogen) atoms. The fourth-order valence-electron chi connectivity index (χ4n) is 3.39. The van der Waals surface area contributed by atoms with E-state index in [1.165, 1.54) is 0 Å². The van der Waals surface area contributed by atoms with Crippen LogP contribution in [0.2, 0.25) is 0 Å². The number of nitrogens with zero attached hydrogens (tertiary/aromatic N) is 1. The van der Waals surface area contributed by atoms with Crippen molar-refractivity contribution in [1.29, 1.82) is 0 Å². The molecule has 4 aromatic rings. The standard InChI is InChI=1S/C25H24N2O3/c1-15(2)29-21-8-5-18(6-9-21)24(28)26-20-7-10-23-22(14-20)27-25(30-23)19-12-16(3)11-17(4)13-19/h5-15H,1-4H3,(H,26,28). The second kappa shape index (κ2) is 8.03. The summed E-state index contributed by atoms with van der Waals surface area (Å²) in [4.78, 5) is 17.2. The fraction of sp³-hybridized carbons (Fsp3) is 0.200. The smallest absolute Gasteiger partial charge is 0.255 e. The molecular weight excluding hydrogens is 376 g/mol. The Balaban J connectivity index is 1.54. The van der Waals surface area contributed by atoms with E-state index in [1.54, 1.807) is 24.3 Å². The summed E-state index contributed by atoms with van der Waals surface area (Å²) >= 11 is 0. The molecule has 152 valence electrons. The Morgan fingerprint density at radius 2 is 1.67 bits per heavy atom. The third-order valence-electron chi connectivity index (χ3n) is 4.60. The predicted molar refractivity (Wildman–Crippen MR) is 119 cm³/mol. The number of nitrogens with one attached hydrogen (secondary N) is 1. The van der Waals surface area contributed by atoms with E-state index in [0.29, 0.717) is 28.2 Å². The van der Waals surface area contributed by atoms with Crippen LogP contribution < -0.4 is 10.1 Å². The summed E-state index contributed by atoms with van der Waals surface area (Å²) in [6.45, 7) is 8.03. The number of carbonyl (C=O) groups excluding carboxylic acids is 1.